The number of hydrogen-bond donors (Lipinski definition) is 3. The van der Waals surface area contributed by atoms with Crippen LogP contribution in [0.4, 0.5) is 4.79 Å². The molecule has 7 nitrogen and oxygen atoms in total. The lowest BCUT2D eigenvalue weighted by molar-refractivity contribution is -0.133. The van der Waals surface area contributed by atoms with E-state index in [1.807, 2.05) is 30.3 Å². The Morgan fingerprint density at radius 2 is 1.63 bits per heavy atom. The molecule has 3 atom stereocenters. The second-order valence-corrected chi connectivity index (χ2v) is 13.2. The van der Waals surface area contributed by atoms with E-state index in [9.17, 15) is 19.8 Å². The van der Waals surface area contributed by atoms with E-state index in [0.717, 1.165) is 22.4 Å². The number of amides is 1. The van der Waals surface area contributed by atoms with Crippen LogP contribution in [0.2, 0.25) is 0 Å². The molecule has 226 valence electrons. The van der Waals surface area contributed by atoms with Crippen LogP contribution in [0.25, 0.3) is 0 Å². The van der Waals surface area contributed by atoms with Crippen molar-refractivity contribution in [3.05, 3.63) is 77.4 Å². The van der Waals surface area contributed by atoms with Crippen LogP contribution >= 0.6 is 0 Å². The van der Waals surface area contributed by atoms with Gasteiger partial charge in [0, 0.05) is 12.0 Å². The summed E-state index contributed by atoms with van der Waals surface area (Å²) < 4.78 is 11.8. The second kappa shape index (κ2) is 14.5. The second-order valence-electron chi connectivity index (χ2n) is 13.2. The number of aliphatic carboxylic acids is 1. The van der Waals surface area contributed by atoms with Gasteiger partial charge >= 0.3 is 12.1 Å². The lowest BCUT2D eigenvalue weighted by Gasteiger charge is -2.32. The van der Waals surface area contributed by atoms with Gasteiger partial charge in [-0.2, -0.15) is 0 Å². The van der Waals surface area contributed by atoms with Crippen LogP contribution in [-0.2, 0) is 28.0 Å². The third kappa shape index (κ3) is 11.6. The number of rotatable bonds is 13. The van der Waals surface area contributed by atoms with Gasteiger partial charge in [-0.15, -0.1) is 0 Å². The minimum atomic E-state index is -1.18. The molecule has 0 aromatic heterocycles. The van der Waals surface area contributed by atoms with E-state index in [2.05, 4.69) is 64.7 Å². The molecule has 2 aromatic carbocycles. The van der Waals surface area contributed by atoms with E-state index < -0.39 is 29.8 Å². The summed E-state index contributed by atoms with van der Waals surface area (Å²) in [7, 11) is 0. The molecular weight excluding hydrogens is 518 g/mol. The lowest BCUT2D eigenvalue weighted by Crippen LogP contribution is -2.47. The standard InChI is InChI=1S/C34H49NO6/c1-22(2)26(19-28(29(36)17-23(3)31(37)38)35-32(39)41-34(7,8)9)18-25-15-16-27(33(4,5)6)20-30(25)40-21-24-13-11-10-12-14-24/h10-16,20,22,26,28-29,36H,3,17-19,21H2,1-2,4-9H3,(H,35,39)(H,37,38)/t26-,28-,29-/m0/s1. The summed E-state index contributed by atoms with van der Waals surface area (Å²) >= 11 is 0. The number of carbonyl (C=O) groups is 2. The highest BCUT2D eigenvalue weighted by molar-refractivity contribution is 5.85. The fourth-order valence-corrected chi connectivity index (χ4v) is 4.51. The molecule has 0 saturated carbocycles. The van der Waals surface area contributed by atoms with Crippen LogP contribution in [0.3, 0.4) is 0 Å². The molecular formula is C34H49NO6. The number of carboxylic acid groups (broad SMARTS) is 1. The monoisotopic (exact) mass is 567 g/mol. The van der Waals surface area contributed by atoms with Crippen LogP contribution < -0.4 is 10.1 Å². The third-order valence-corrected chi connectivity index (χ3v) is 7.08. The average molecular weight is 568 g/mol. The number of hydrogen-bond acceptors (Lipinski definition) is 5. The molecule has 0 radical (unpaired) electrons. The number of aliphatic hydroxyl groups is 1. The zero-order valence-corrected chi connectivity index (χ0v) is 26.0. The number of alkyl carbamates (subject to hydrolysis) is 1. The van der Waals surface area contributed by atoms with Crippen LogP contribution in [0, 0.1) is 11.8 Å². The van der Waals surface area contributed by atoms with Crippen LogP contribution in [-0.4, -0.2) is 40.0 Å². The molecule has 0 saturated heterocycles. The van der Waals surface area contributed by atoms with E-state index in [-0.39, 0.29) is 29.2 Å². The van der Waals surface area contributed by atoms with Crippen molar-refractivity contribution in [3.8, 4) is 5.75 Å². The Kier molecular flexibility index (Phi) is 12.0. The van der Waals surface area contributed by atoms with Gasteiger partial charge in [-0.3, -0.25) is 0 Å². The van der Waals surface area contributed by atoms with Gasteiger partial charge in [0.1, 0.15) is 18.0 Å². The molecule has 0 bridgehead atoms. The minimum absolute atomic E-state index is 0.0299. The molecule has 7 heteroatoms. The lowest BCUT2D eigenvalue weighted by atomic mass is 9.81. The Morgan fingerprint density at radius 1 is 1.00 bits per heavy atom. The Hall–Kier alpha value is -3.32. The predicted molar refractivity (Wildman–Crippen MR) is 163 cm³/mol. The van der Waals surface area contributed by atoms with Crippen molar-refractivity contribution in [3.63, 3.8) is 0 Å². The summed E-state index contributed by atoms with van der Waals surface area (Å²) in [4.78, 5) is 24.1. The molecule has 0 unspecified atom stereocenters. The molecule has 0 aliphatic heterocycles. The normalized spacial score (nSPS) is 14.2. The number of aliphatic hydroxyl groups excluding tert-OH is 1. The molecule has 3 N–H and O–H groups in total. The van der Waals surface area contributed by atoms with Gasteiger partial charge in [0.25, 0.3) is 0 Å². The molecule has 2 aromatic rings. The Labute approximate surface area is 246 Å². The Morgan fingerprint density at radius 3 is 2.17 bits per heavy atom. The number of benzene rings is 2. The molecule has 0 spiro atoms. The summed E-state index contributed by atoms with van der Waals surface area (Å²) in [5.41, 5.74) is 2.37. The van der Waals surface area contributed by atoms with Crippen molar-refractivity contribution >= 4 is 12.1 Å². The highest BCUT2D eigenvalue weighted by Crippen LogP contribution is 2.33. The van der Waals surface area contributed by atoms with E-state index in [1.165, 1.54) is 0 Å². The zero-order chi connectivity index (χ0) is 31.0. The summed E-state index contributed by atoms with van der Waals surface area (Å²) in [6.07, 6.45) is -0.933. The molecule has 0 fully saturated rings. The topological polar surface area (TPSA) is 105 Å². The summed E-state index contributed by atoms with van der Waals surface area (Å²) in [5, 5.41) is 23.2. The first-order valence-electron chi connectivity index (χ1n) is 14.3. The molecule has 0 aliphatic carbocycles. The first kappa shape index (κ1) is 33.9. The molecule has 0 heterocycles. The predicted octanol–water partition coefficient (Wildman–Crippen LogP) is 7.05. The fraction of sp³-hybridized carbons (Fsp3) is 0.529. The largest absolute Gasteiger partial charge is 0.489 e. The number of carboxylic acids is 1. The van der Waals surface area contributed by atoms with E-state index in [1.54, 1.807) is 20.8 Å². The van der Waals surface area contributed by atoms with Crippen molar-refractivity contribution in [2.45, 2.75) is 104 Å². The summed E-state index contributed by atoms with van der Waals surface area (Å²) in [5.74, 6) is -0.151. The van der Waals surface area contributed by atoms with Crippen molar-refractivity contribution in [2.75, 3.05) is 0 Å². The fourth-order valence-electron chi connectivity index (χ4n) is 4.51. The molecule has 1 amide bonds. The van der Waals surface area contributed by atoms with Gasteiger partial charge in [0.05, 0.1) is 12.1 Å². The molecule has 2 rings (SSSR count). The van der Waals surface area contributed by atoms with Crippen LogP contribution in [0.5, 0.6) is 5.75 Å². The number of nitrogens with one attached hydrogen (secondary N) is 1. The minimum Gasteiger partial charge on any atom is -0.489 e. The van der Waals surface area contributed by atoms with Gasteiger partial charge in [0.15, 0.2) is 0 Å². The van der Waals surface area contributed by atoms with Gasteiger partial charge in [-0.05, 0) is 73.6 Å². The van der Waals surface area contributed by atoms with Crippen molar-refractivity contribution in [1.82, 2.24) is 5.32 Å². The van der Waals surface area contributed by atoms with Gasteiger partial charge < -0.3 is 25.0 Å². The van der Waals surface area contributed by atoms with Gasteiger partial charge in [-0.1, -0.05) is 83.7 Å². The SMILES string of the molecule is C=C(C[C@H](O)[C@H](C[C@H](Cc1ccc(C(C)(C)C)cc1OCc1ccccc1)C(C)C)NC(=O)OC(C)(C)C)C(=O)O. The molecule has 0 aliphatic rings. The number of carbonyl (C=O) groups excluding carboxylic acids is 1. The van der Waals surface area contributed by atoms with E-state index in [4.69, 9.17) is 9.47 Å². The van der Waals surface area contributed by atoms with Crippen molar-refractivity contribution < 1.29 is 29.3 Å². The van der Waals surface area contributed by atoms with Crippen LogP contribution in [0.15, 0.2) is 60.7 Å². The maximum absolute atomic E-state index is 12.7. The maximum Gasteiger partial charge on any atom is 0.407 e. The van der Waals surface area contributed by atoms with Crippen LogP contribution in [0.1, 0.15) is 84.9 Å². The highest BCUT2D eigenvalue weighted by atomic mass is 16.6. The maximum atomic E-state index is 12.7. The first-order chi connectivity index (χ1) is 19.0. The summed E-state index contributed by atoms with van der Waals surface area (Å²) in [6.45, 7) is 20.0. The Bertz CT molecular complexity index is 1160. The Balaban J connectivity index is 2.37. The van der Waals surface area contributed by atoms with E-state index >= 15 is 0 Å². The molecule has 41 heavy (non-hydrogen) atoms. The number of ether oxygens (including phenoxy) is 2. The van der Waals surface area contributed by atoms with Gasteiger partial charge in [0.2, 0.25) is 0 Å². The highest BCUT2D eigenvalue weighted by Gasteiger charge is 2.30. The average Bonchev–Trinajstić information content (AvgIpc) is 2.85. The van der Waals surface area contributed by atoms with Gasteiger partial charge in [-0.25, -0.2) is 9.59 Å². The van der Waals surface area contributed by atoms with E-state index in [0.29, 0.717) is 19.4 Å². The quantitative estimate of drug-likeness (QED) is 0.224. The van der Waals surface area contributed by atoms with Crippen molar-refractivity contribution in [2.24, 2.45) is 11.8 Å². The first-order valence-corrected chi connectivity index (χ1v) is 14.3. The van der Waals surface area contributed by atoms with Crippen molar-refractivity contribution in [1.29, 1.82) is 0 Å². The summed E-state index contributed by atoms with van der Waals surface area (Å²) in [6, 6.07) is 15.6. The zero-order valence-electron chi connectivity index (χ0n) is 26.0. The smallest absolute Gasteiger partial charge is 0.407 e. The third-order valence-electron chi connectivity index (χ3n) is 7.08.